The monoisotopic (exact) mass is 378 g/mol. The van der Waals surface area contributed by atoms with Crippen LogP contribution in [0.5, 0.6) is 5.88 Å². The van der Waals surface area contributed by atoms with Gasteiger partial charge in [-0.1, -0.05) is 11.6 Å². The standard InChI is InChI=1S/C16H15ClN4O3S/c1-2-21-14-8-3-10(17)9-13(14)15(16(21)22)20-19-11-4-6-12(7-5-11)25(18,23)24/h3-9,22H,2H2,1H3,(H2,18,23,24). The minimum Gasteiger partial charge on any atom is -0.493 e. The second-order valence-electron chi connectivity index (χ2n) is 5.32. The first kappa shape index (κ1) is 17.4. The van der Waals surface area contributed by atoms with E-state index >= 15 is 0 Å². The number of sulfonamides is 1. The van der Waals surface area contributed by atoms with Crippen LogP contribution in [0, 0.1) is 0 Å². The highest BCUT2D eigenvalue weighted by atomic mass is 35.5. The van der Waals surface area contributed by atoms with Gasteiger partial charge in [-0.2, -0.15) is 5.11 Å². The van der Waals surface area contributed by atoms with Crippen molar-refractivity contribution in [1.29, 1.82) is 0 Å². The summed E-state index contributed by atoms with van der Waals surface area (Å²) in [4.78, 5) is -0.0105. The van der Waals surface area contributed by atoms with Crippen LogP contribution in [0.25, 0.3) is 10.9 Å². The van der Waals surface area contributed by atoms with Crippen molar-refractivity contribution in [2.45, 2.75) is 18.4 Å². The summed E-state index contributed by atoms with van der Waals surface area (Å²) >= 11 is 6.04. The van der Waals surface area contributed by atoms with Gasteiger partial charge in [-0.25, -0.2) is 13.6 Å². The zero-order valence-electron chi connectivity index (χ0n) is 13.2. The first-order valence-electron chi connectivity index (χ1n) is 7.36. The normalized spacial score (nSPS) is 12.3. The molecule has 1 heterocycles. The van der Waals surface area contributed by atoms with Gasteiger partial charge in [0.1, 0.15) is 0 Å². The number of halogens is 1. The molecule has 0 atom stereocenters. The van der Waals surface area contributed by atoms with Crippen molar-refractivity contribution in [3.63, 3.8) is 0 Å². The quantitative estimate of drug-likeness (QED) is 0.667. The smallest absolute Gasteiger partial charge is 0.238 e. The molecule has 0 aliphatic rings. The largest absolute Gasteiger partial charge is 0.493 e. The molecule has 0 aliphatic carbocycles. The number of primary sulfonamides is 1. The van der Waals surface area contributed by atoms with E-state index in [-0.39, 0.29) is 10.8 Å². The topological polar surface area (TPSA) is 110 Å². The molecule has 0 saturated heterocycles. The number of aryl methyl sites for hydroxylation is 1. The van der Waals surface area contributed by atoms with Gasteiger partial charge in [0.05, 0.1) is 16.1 Å². The third-order valence-electron chi connectivity index (χ3n) is 3.72. The third-order valence-corrected chi connectivity index (χ3v) is 4.88. The summed E-state index contributed by atoms with van der Waals surface area (Å²) in [6.45, 7) is 2.46. The van der Waals surface area contributed by atoms with Crippen molar-refractivity contribution in [1.82, 2.24) is 4.57 Å². The number of azo groups is 1. The summed E-state index contributed by atoms with van der Waals surface area (Å²) in [5, 5.41) is 24.8. The Morgan fingerprint density at radius 1 is 1.16 bits per heavy atom. The van der Waals surface area contributed by atoms with Crippen molar-refractivity contribution >= 4 is 43.9 Å². The number of hydrogen-bond acceptors (Lipinski definition) is 5. The number of hydrogen-bond donors (Lipinski definition) is 2. The molecule has 130 valence electrons. The molecule has 9 heteroatoms. The fourth-order valence-corrected chi connectivity index (χ4v) is 3.21. The van der Waals surface area contributed by atoms with Gasteiger partial charge in [0.25, 0.3) is 0 Å². The molecule has 0 saturated carbocycles. The van der Waals surface area contributed by atoms with Gasteiger partial charge >= 0.3 is 0 Å². The van der Waals surface area contributed by atoms with E-state index in [1.54, 1.807) is 22.8 Å². The Kier molecular flexibility index (Phi) is 4.51. The van der Waals surface area contributed by atoms with E-state index in [0.717, 1.165) is 5.52 Å². The first-order valence-corrected chi connectivity index (χ1v) is 9.29. The molecule has 3 rings (SSSR count). The molecule has 0 amide bonds. The SMILES string of the molecule is CCn1c(O)c(N=Nc2ccc(S(N)(=O)=O)cc2)c2cc(Cl)ccc21. The maximum absolute atomic E-state index is 11.3. The lowest BCUT2D eigenvalue weighted by Crippen LogP contribution is -2.11. The highest BCUT2D eigenvalue weighted by molar-refractivity contribution is 7.89. The van der Waals surface area contributed by atoms with Crippen LogP contribution in [0.2, 0.25) is 5.02 Å². The molecule has 0 fully saturated rings. The average molecular weight is 379 g/mol. The zero-order chi connectivity index (χ0) is 18.2. The first-order chi connectivity index (χ1) is 11.8. The van der Waals surface area contributed by atoms with Gasteiger partial charge in [0.15, 0.2) is 5.69 Å². The predicted octanol–water partition coefficient (Wildman–Crippen LogP) is 4.08. The summed E-state index contributed by atoms with van der Waals surface area (Å²) < 4.78 is 24.2. The number of fused-ring (bicyclic) bond motifs is 1. The molecule has 0 bridgehead atoms. The fourth-order valence-electron chi connectivity index (χ4n) is 2.52. The van der Waals surface area contributed by atoms with Crippen LogP contribution in [-0.4, -0.2) is 18.1 Å². The molecule has 1 aromatic heterocycles. The van der Waals surface area contributed by atoms with E-state index in [2.05, 4.69) is 10.2 Å². The third kappa shape index (κ3) is 3.37. The van der Waals surface area contributed by atoms with Gasteiger partial charge in [-0.3, -0.25) is 0 Å². The molecule has 3 N–H and O–H groups in total. The number of nitrogens with zero attached hydrogens (tertiary/aromatic N) is 3. The Balaban J connectivity index is 2.04. The van der Waals surface area contributed by atoms with Gasteiger partial charge in [-0.05, 0) is 49.4 Å². The van der Waals surface area contributed by atoms with Crippen molar-refractivity contribution < 1.29 is 13.5 Å². The van der Waals surface area contributed by atoms with Crippen molar-refractivity contribution in [3.05, 3.63) is 47.5 Å². The van der Waals surface area contributed by atoms with E-state index < -0.39 is 10.0 Å². The highest BCUT2D eigenvalue weighted by Crippen LogP contribution is 2.40. The molecule has 25 heavy (non-hydrogen) atoms. The maximum atomic E-state index is 11.3. The van der Waals surface area contributed by atoms with E-state index in [9.17, 15) is 13.5 Å². The average Bonchev–Trinajstić information content (AvgIpc) is 2.83. The second-order valence-corrected chi connectivity index (χ2v) is 7.31. The van der Waals surface area contributed by atoms with E-state index in [0.29, 0.717) is 28.3 Å². The number of benzene rings is 2. The molecule has 7 nitrogen and oxygen atoms in total. The molecular formula is C16H15ClN4O3S. The fraction of sp³-hybridized carbons (Fsp3) is 0.125. The molecule has 0 aliphatic heterocycles. The zero-order valence-corrected chi connectivity index (χ0v) is 14.8. The van der Waals surface area contributed by atoms with Crippen molar-refractivity contribution in [2.75, 3.05) is 0 Å². The van der Waals surface area contributed by atoms with Crippen LogP contribution in [0.15, 0.2) is 57.6 Å². The molecule has 0 radical (unpaired) electrons. The highest BCUT2D eigenvalue weighted by Gasteiger charge is 2.16. The lowest BCUT2D eigenvalue weighted by molar-refractivity contribution is 0.427. The van der Waals surface area contributed by atoms with Crippen LogP contribution in [0.4, 0.5) is 11.4 Å². The molecule has 0 unspecified atom stereocenters. The van der Waals surface area contributed by atoms with Gasteiger partial charge in [0, 0.05) is 17.0 Å². The number of nitrogens with two attached hydrogens (primary N) is 1. The van der Waals surface area contributed by atoms with Crippen molar-refractivity contribution in [2.24, 2.45) is 15.4 Å². The Bertz CT molecular complexity index is 1070. The van der Waals surface area contributed by atoms with E-state index in [4.69, 9.17) is 16.7 Å². The number of rotatable bonds is 4. The second kappa shape index (κ2) is 6.47. The minimum atomic E-state index is -3.76. The lowest BCUT2D eigenvalue weighted by Gasteiger charge is -2.01. The summed E-state index contributed by atoms with van der Waals surface area (Å²) in [6.07, 6.45) is 0. The van der Waals surface area contributed by atoms with Crippen LogP contribution < -0.4 is 5.14 Å². The molecule has 3 aromatic rings. The Morgan fingerprint density at radius 3 is 2.44 bits per heavy atom. The minimum absolute atomic E-state index is 0.00956. The Morgan fingerprint density at radius 2 is 1.84 bits per heavy atom. The van der Waals surface area contributed by atoms with Crippen molar-refractivity contribution in [3.8, 4) is 5.88 Å². The Hall–Kier alpha value is -2.42. The van der Waals surface area contributed by atoms with Gasteiger partial charge < -0.3 is 9.67 Å². The summed E-state index contributed by atoms with van der Waals surface area (Å²) in [7, 11) is -3.76. The van der Waals surface area contributed by atoms with Gasteiger partial charge in [-0.15, -0.1) is 5.11 Å². The maximum Gasteiger partial charge on any atom is 0.238 e. The molecular weight excluding hydrogens is 364 g/mol. The Labute approximate surface area is 149 Å². The summed E-state index contributed by atoms with van der Waals surface area (Å²) in [5.41, 5.74) is 1.52. The van der Waals surface area contributed by atoms with Gasteiger partial charge in [0.2, 0.25) is 15.9 Å². The lowest BCUT2D eigenvalue weighted by atomic mass is 10.2. The molecule has 2 aromatic carbocycles. The molecule has 0 spiro atoms. The van der Waals surface area contributed by atoms with E-state index in [1.165, 1.54) is 24.3 Å². The predicted molar refractivity (Wildman–Crippen MR) is 96.3 cm³/mol. The number of aromatic nitrogens is 1. The van der Waals surface area contributed by atoms with Crippen LogP contribution in [-0.2, 0) is 16.6 Å². The van der Waals surface area contributed by atoms with Crippen LogP contribution in [0.1, 0.15) is 6.92 Å². The van der Waals surface area contributed by atoms with Crippen LogP contribution in [0.3, 0.4) is 0 Å². The number of aromatic hydroxyl groups is 1. The van der Waals surface area contributed by atoms with Crippen LogP contribution >= 0.6 is 11.6 Å². The summed E-state index contributed by atoms with van der Waals surface area (Å²) in [5.74, 6) is -0.00956. The summed E-state index contributed by atoms with van der Waals surface area (Å²) in [6, 6.07) is 10.9. The van der Waals surface area contributed by atoms with E-state index in [1.807, 2.05) is 6.92 Å².